The van der Waals surface area contributed by atoms with Gasteiger partial charge in [-0.3, -0.25) is 14.6 Å². The normalized spacial score (nSPS) is 20.7. The standard InChI is InChI=1S/C18H27N3O2S/c1-23-17-4-2-3-15(13-17)19-18(22)14-20-7-5-16(6-8-20)21-9-11-24-12-10-21/h2-4,13,16H,5-12,14H2,1H3,(H,19,22). The summed E-state index contributed by atoms with van der Waals surface area (Å²) in [6.07, 6.45) is 2.36. The van der Waals surface area contributed by atoms with Gasteiger partial charge >= 0.3 is 0 Å². The Morgan fingerprint density at radius 1 is 1.25 bits per heavy atom. The van der Waals surface area contributed by atoms with Crippen LogP contribution in [0.5, 0.6) is 5.75 Å². The lowest BCUT2D eigenvalue weighted by Crippen LogP contribution is -2.49. The maximum Gasteiger partial charge on any atom is 0.238 e. The van der Waals surface area contributed by atoms with Gasteiger partial charge in [-0.2, -0.15) is 11.8 Å². The molecule has 1 aromatic rings. The third kappa shape index (κ3) is 4.88. The van der Waals surface area contributed by atoms with Crippen molar-refractivity contribution in [1.29, 1.82) is 0 Å². The summed E-state index contributed by atoms with van der Waals surface area (Å²) < 4.78 is 5.19. The van der Waals surface area contributed by atoms with Crippen LogP contribution in [0.2, 0.25) is 0 Å². The highest BCUT2D eigenvalue weighted by Gasteiger charge is 2.26. The Morgan fingerprint density at radius 3 is 2.71 bits per heavy atom. The zero-order chi connectivity index (χ0) is 16.8. The van der Waals surface area contributed by atoms with Gasteiger partial charge in [0.15, 0.2) is 0 Å². The van der Waals surface area contributed by atoms with Crippen molar-refractivity contribution in [2.24, 2.45) is 0 Å². The summed E-state index contributed by atoms with van der Waals surface area (Å²) in [4.78, 5) is 17.2. The van der Waals surface area contributed by atoms with Crippen molar-refractivity contribution in [1.82, 2.24) is 9.80 Å². The average molecular weight is 350 g/mol. The molecule has 0 aromatic heterocycles. The van der Waals surface area contributed by atoms with E-state index >= 15 is 0 Å². The Kier molecular flexibility index (Phi) is 6.40. The molecule has 1 N–H and O–H groups in total. The van der Waals surface area contributed by atoms with Gasteiger partial charge in [0.2, 0.25) is 5.91 Å². The van der Waals surface area contributed by atoms with Crippen molar-refractivity contribution in [2.75, 3.05) is 56.7 Å². The molecule has 5 nitrogen and oxygen atoms in total. The van der Waals surface area contributed by atoms with Gasteiger partial charge in [0, 0.05) is 55.5 Å². The molecule has 2 aliphatic rings. The van der Waals surface area contributed by atoms with E-state index in [1.54, 1.807) is 7.11 Å². The van der Waals surface area contributed by atoms with E-state index in [9.17, 15) is 4.79 Å². The average Bonchev–Trinajstić information content (AvgIpc) is 2.63. The number of hydrogen-bond acceptors (Lipinski definition) is 5. The van der Waals surface area contributed by atoms with E-state index < -0.39 is 0 Å². The Hall–Kier alpha value is -1.24. The predicted octanol–water partition coefficient (Wildman–Crippen LogP) is 2.15. The first-order valence-corrected chi connectivity index (χ1v) is 9.88. The van der Waals surface area contributed by atoms with Gasteiger partial charge in [-0.25, -0.2) is 0 Å². The van der Waals surface area contributed by atoms with Crippen LogP contribution < -0.4 is 10.1 Å². The summed E-state index contributed by atoms with van der Waals surface area (Å²) in [5.41, 5.74) is 0.792. The lowest BCUT2D eigenvalue weighted by molar-refractivity contribution is -0.117. The highest BCUT2D eigenvalue weighted by molar-refractivity contribution is 7.99. The van der Waals surface area contributed by atoms with E-state index in [0.29, 0.717) is 12.6 Å². The number of hydrogen-bond donors (Lipinski definition) is 1. The minimum Gasteiger partial charge on any atom is -0.497 e. The van der Waals surface area contributed by atoms with E-state index in [1.165, 1.54) is 37.4 Å². The third-order valence-electron chi connectivity index (χ3n) is 4.84. The quantitative estimate of drug-likeness (QED) is 0.882. The monoisotopic (exact) mass is 349 g/mol. The van der Waals surface area contributed by atoms with Crippen LogP contribution in [-0.2, 0) is 4.79 Å². The van der Waals surface area contributed by atoms with E-state index in [0.717, 1.165) is 24.5 Å². The molecular weight excluding hydrogens is 322 g/mol. The number of carbonyl (C=O) groups is 1. The number of likely N-dealkylation sites (tertiary alicyclic amines) is 1. The minimum atomic E-state index is 0.0519. The number of methoxy groups -OCH3 is 1. The number of thioether (sulfide) groups is 1. The van der Waals surface area contributed by atoms with E-state index in [4.69, 9.17) is 4.74 Å². The summed E-state index contributed by atoms with van der Waals surface area (Å²) in [5, 5.41) is 2.96. The summed E-state index contributed by atoms with van der Waals surface area (Å²) >= 11 is 2.06. The van der Waals surface area contributed by atoms with Gasteiger partial charge in [-0.05, 0) is 25.0 Å². The highest BCUT2D eigenvalue weighted by Crippen LogP contribution is 2.21. The Labute approximate surface area is 148 Å². The van der Waals surface area contributed by atoms with Crippen LogP contribution in [0, 0.1) is 0 Å². The second-order valence-corrected chi connectivity index (χ2v) is 7.66. The Balaban J connectivity index is 1.42. The molecule has 0 unspecified atom stereocenters. The first-order chi connectivity index (χ1) is 11.7. The van der Waals surface area contributed by atoms with Crippen LogP contribution in [0.1, 0.15) is 12.8 Å². The van der Waals surface area contributed by atoms with Crippen molar-refractivity contribution in [3.05, 3.63) is 24.3 Å². The van der Waals surface area contributed by atoms with Gasteiger partial charge in [0.1, 0.15) is 5.75 Å². The number of benzene rings is 1. The van der Waals surface area contributed by atoms with Crippen molar-refractivity contribution in [2.45, 2.75) is 18.9 Å². The lowest BCUT2D eigenvalue weighted by Gasteiger charge is -2.39. The second-order valence-electron chi connectivity index (χ2n) is 6.44. The number of anilines is 1. The number of carbonyl (C=O) groups excluding carboxylic acids is 1. The number of ether oxygens (including phenoxy) is 1. The number of nitrogens with one attached hydrogen (secondary N) is 1. The van der Waals surface area contributed by atoms with Crippen molar-refractivity contribution < 1.29 is 9.53 Å². The molecule has 0 spiro atoms. The molecule has 0 bridgehead atoms. The zero-order valence-corrected chi connectivity index (χ0v) is 15.2. The smallest absolute Gasteiger partial charge is 0.238 e. The van der Waals surface area contributed by atoms with E-state index in [2.05, 4.69) is 26.9 Å². The number of piperidine rings is 1. The lowest BCUT2D eigenvalue weighted by atomic mass is 10.0. The molecule has 2 saturated heterocycles. The molecule has 24 heavy (non-hydrogen) atoms. The first-order valence-electron chi connectivity index (χ1n) is 8.72. The third-order valence-corrected chi connectivity index (χ3v) is 5.78. The van der Waals surface area contributed by atoms with Crippen LogP contribution >= 0.6 is 11.8 Å². The first kappa shape index (κ1) is 17.6. The Bertz CT molecular complexity index is 541. The molecule has 3 rings (SSSR count). The largest absolute Gasteiger partial charge is 0.497 e. The van der Waals surface area contributed by atoms with Gasteiger partial charge in [0.25, 0.3) is 0 Å². The van der Waals surface area contributed by atoms with Gasteiger partial charge in [-0.15, -0.1) is 0 Å². The summed E-state index contributed by atoms with van der Waals surface area (Å²) in [5.74, 6) is 3.34. The summed E-state index contributed by atoms with van der Waals surface area (Å²) in [6.45, 7) is 4.96. The summed E-state index contributed by atoms with van der Waals surface area (Å²) in [7, 11) is 1.63. The molecule has 0 radical (unpaired) electrons. The molecule has 1 aromatic carbocycles. The fourth-order valence-corrected chi connectivity index (χ4v) is 4.42. The fourth-order valence-electron chi connectivity index (χ4n) is 3.49. The molecule has 2 aliphatic heterocycles. The number of rotatable bonds is 5. The second kappa shape index (κ2) is 8.74. The molecule has 2 fully saturated rings. The molecular formula is C18H27N3O2S. The maximum atomic E-state index is 12.3. The van der Waals surface area contributed by atoms with Crippen molar-refractivity contribution in [3.8, 4) is 5.75 Å². The van der Waals surface area contributed by atoms with Crippen LogP contribution in [0.25, 0.3) is 0 Å². The fraction of sp³-hybridized carbons (Fsp3) is 0.611. The molecule has 1 amide bonds. The van der Waals surface area contributed by atoms with Crippen molar-refractivity contribution in [3.63, 3.8) is 0 Å². The zero-order valence-electron chi connectivity index (χ0n) is 14.4. The van der Waals surface area contributed by atoms with Crippen LogP contribution in [0.3, 0.4) is 0 Å². The Morgan fingerprint density at radius 2 is 2.00 bits per heavy atom. The molecule has 0 atom stereocenters. The van der Waals surface area contributed by atoms with Gasteiger partial charge in [-0.1, -0.05) is 6.07 Å². The molecule has 0 aliphatic carbocycles. The van der Waals surface area contributed by atoms with Crippen LogP contribution in [0.15, 0.2) is 24.3 Å². The number of nitrogens with zero attached hydrogens (tertiary/aromatic N) is 2. The molecule has 132 valence electrons. The highest BCUT2D eigenvalue weighted by atomic mass is 32.2. The van der Waals surface area contributed by atoms with Crippen LogP contribution in [-0.4, -0.2) is 73.1 Å². The molecule has 6 heteroatoms. The van der Waals surface area contributed by atoms with Crippen LogP contribution in [0.4, 0.5) is 5.69 Å². The van der Waals surface area contributed by atoms with E-state index in [-0.39, 0.29) is 5.91 Å². The maximum absolute atomic E-state index is 12.3. The SMILES string of the molecule is COc1cccc(NC(=O)CN2CCC(N3CCSCC3)CC2)c1. The predicted molar refractivity (Wildman–Crippen MR) is 100.0 cm³/mol. The van der Waals surface area contributed by atoms with E-state index in [1.807, 2.05) is 24.3 Å². The van der Waals surface area contributed by atoms with Crippen molar-refractivity contribution >= 4 is 23.4 Å². The molecule has 2 heterocycles. The minimum absolute atomic E-state index is 0.0519. The topological polar surface area (TPSA) is 44.8 Å². The number of amides is 1. The van der Waals surface area contributed by atoms with Gasteiger partial charge in [0.05, 0.1) is 13.7 Å². The van der Waals surface area contributed by atoms with Gasteiger partial charge < -0.3 is 10.1 Å². The summed E-state index contributed by atoms with van der Waals surface area (Å²) in [6, 6.07) is 8.21. The molecule has 0 saturated carbocycles.